The molecule has 3 nitrogen and oxygen atoms in total. The van der Waals surface area contributed by atoms with E-state index in [9.17, 15) is 4.79 Å². The van der Waals surface area contributed by atoms with Crippen LogP contribution in [-0.4, -0.2) is 49.8 Å². The predicted molar refractivity (Wildman–Crippen MR) is 75.4 cm³/mol. The number of quaternary nitrogens is 1. The van der Waals surface area contributed by atoms with Gasteiger partial charge in [0.15, 0.2) is 0 Å². The van der Waals surface area contributed by atoms with Crippen LogP contribution < -0.4 is 4.90 Å². The van der Waals surface area contributed by atoms with Gasteiger partial charge in [-0.2, -0.15) is 0 Å². The van der Waals surface area contributed by atoms with Crippen molar-refractivity contribution < 1.29 is 9.69 Å². The summed E-state index contributed by atoms with van der Waals surface area (Å²) in [6.45, 7) is 3.87. The van der Waals surface area contributed by atoms with Gasteiger partial charge >= 0.3 is 0 Å². The molecule has 0 spiro atoms. The van der Waals surface area contributed by atoms with E-state index in [1.54, 1.807) is 11.8 Å². The second-order valence-corrected chi connectivity index (χ2v) is 6.07. The van der Waals surface area contributed by atoms with Crippen molar-refractivity contribution in [2.45, 2.75) is 4.90 Å². The Morgan fingerprint density at radius 2 is 1.94 bits per heavy atom. The molecule has 1 N–H and O–H groups in total. The SMILES string of the molecule is C[NH+]1CCN(C(=O)CSc2ccc(Cl)cc2)CC1. The zero-order valence-electron chi connectivity index (χ0n) is 10.5. The van der Waals surface area contributed by atoms with Gasteiger partial charge in [-0.25, -0.2) is 0 Å². The molecule has 0 aliphatic carbocycles. The highest BCUT2D eigenvalue weighted by atomic mass is 35.5. The normalized spacial score (nSPS) is 16.9. The minimum absolute atomic E-state index is 0.238. The fourth-order valence-corrected chi connectivity index (χ4v) is 2.83. The van der Waals surface area contributed by atoms with Gasteiger partial charge in [0.05, 0.1) is 39.0 Å². The first kappa shape index (κ1) is 13.7. The van der Waals surface area contributed by atoms with Crippen LogP contribution in [0, 0.1) is 0 Å². The average Bonchev–Trinajstić information content (AvgIpc) is 2.38. The van der Waals surface area contributed by atoms with Crippen LogP contribution >= 0.6 is 23.4 Å². The number of nitrogens with one attached hydrogen (secondary N) is 1. The molecule has 1 fully saturated rings. The third-order valence-electron chi connectivity index (χ3n) is 3.15. The summed E-state index contributed by atoms with van der Waals surface area (Å²) >= 11 is 7.40. The summed E-state index contributed by atoms with van der Waals surface area (Å²) in [7, 11) is 2.17. The summed E-state index contributed by atoms with van der Waals surface area (Å²) in [5.41, 5.74) is 0. The van der Waals surface area contributed by atoms with Gasteiger partial charge in [-0.1, -0.05) is 11.6 Å². The van der Waals surface area contributed by atoms with E-state index in [0.29, 0.717) is 5.75 Å². The Morgan fingerprint density at radius 3 is 2.56 bits per heavy atom. The molecule has 0 saturated carbocycles. The topological polar surface area (TPSA) is 24.8 Å². The van der Waals surface area contributed by atoms with E-state index in [1.165, 1.54) is 4.90 Å². The Balaban J connectivity index is 1.79. The largest absolute Gasteiger partial charge is 0.334 e. The van der Waals surface area contributed by atoms with Crippen molar-refractivity contribution in [1.82, 2.24) is 4.90 Å². The predicted octanol–water partition coefficient (Wildman–Crippen LogP) is 0.789. The molecule has 1 aromatic rings. The van der Waals surface area contributed by atoms with Crippen molar-refractivity contribution in [3.63, 3.8) is 0 Å². The molecule has 5 heteroatoms. The Morgan fingerprint density at radius 1 is 1.33 bits per heavy atom. The minimum Gasteiger partial charge on any atom is -0.334 e. The smallest absolute Gasteiger partial charge is 0.233 e. The summed E-state index contributed by atoms with van der Waals surface area (Å²) in [6.07, 6.45) is 0. The van der Waals surface area contributed by atoms with E-state index in [1.807, 2.05) is 29.2 Å². The van der Waals surface area contributed by atoms with Gasteiger partial charge in [-0.3, -0.25) is 4.79 Å². The first-order valence-corrected chi connectivity index (χ1v) is 7.49. The van der Waals surface area contributed by atoms with Crippen LogP contribution in [0.1, 0.15) is 0 Å². The molecular weight excluding hydrogens is 268 g/mol. The van der Waals surface area contributed by atoms with Crippen LogP contribution in [0.2, 0.25) is 5.02 Å². The molecule has 1 aromatic carbocycles. The molecule has 1 aliphatic heterocycles. The number of carbonyl (C=O) groups excluding carboxylic acids is 1. The number of likely N-dealkylation sites (N-methyl/N-ethyl adjacent to an activating group) is 1. The van der Waals surface area contributed by atoms with Crippen LogP contribution in [-0.2, 0) is 4.79 Å². The van der Waals surface area contributed by atoms with Crippen molar-refractivity contribution in [2.75, 3.05) is 39.0 Å². The first-order valence-electron chi connectivity index (χ1n) is 6.12. The monoisotopic (exact) mass is 285 g/mol. The van der Waals surface area contributed by atoms with Crippen LogP contribution in [0.3, 0.4) is 0 Å². The molecule has 18 heavy (non-hydrogen) atoms. The number of nitrogens with zero attached hydrogens (tertiary/aromatic N) is 1. The van der Waals surface area contributed by atoms with Crippen LogP contribution in [0.15, 0.2) is 29.2 Å². The maximum atomic E-state index is 12.0. The summed E-state index contributed by atoms with van der Waals surface area (Å²) in [4.78, 5) is 16.6. The van der Waals surface area contributed by atoms with E-state index in [4.69, 9.17) is 11.6 Å². The Labute approximate surface area is 117 Å². The fraction of sp³-hybridized carbons (Fsp3) is 0.462. The molecule has 1 aliphatic rings. The molecule has 0 aromatic heterocycles. The van der Waals surface area contributed by atoms with E-state index in [-0.39, 0.29) is 5.91 Å². The highest BCUT2D eigenvalue weighted by molar-refractivity contribution is 8.00. The Hall–Kier alpha value is -0.710. The van der Waals surface area contributed by atoms with Gasteiger partial charge in [0, 0.05) is 9.92 Å². The zero-order valence-corrected chi connectivity index (χ0v) is 12.1. The third-order valence-corrected chi connectivity index (χ3v) is 4.39. The third kappa shape index (κ3) is 3.90. The number of hydrogen-bond acceptors (Lipinski definition) is 2. The molecule has 1 amide bonds. The number of piperazine rings is 1. The van der Waals surface area contributed by atoms with Crippen LogP contribution in [0.4, 0.5) is 0 Å². The Kier molecular flexibility index (Phi) is 4.92. The molecular formula is C13H18ClN2OS+. The number of thioether (sulfide) groups is 1. The van der Waals surface area contributed by atoms with Crippen LogP contribution in [0.25, 0.3) is 0 Å². The molecule has 2 rings (SSSR count). The summed E-state index contributed by atoms with van der Waals surface area (Å²) < 4.78 is 0. The van der Waals surface area contributed by atoms with Gasteiger partial charge in [0.2, 0.25) is 5.91 Å². The lowest BCUT2D eigenvalue weighted by Crippen LogP contribution is -3.12. The summed E-state index contributed by atoms with van der Waals surface area (Å²) in [6, 6.07) is 7.62. The van der Waals surface area contributed by atoms with Crippen molar-refractivity contribution in [2.24, 2.45) is 0 Å². The number of halogens is 1. The maximum Gasteiger partial charge on any atom is 0.233 e. The quantitative estimate of drug-likeness (QED) is 0.831. The average molecular weight is 286 g/mol. The molecule has 0 bridgehead atoms. The van der Waals surface area contributed by atoms with Crippen LogP contribution in [0.5, 0.6) is 0 Å². The molecule has 98 valence electrons. The zero-order chi connectivity index (χ0) is 13.0. The van der Waals surface area contributed by atoms with Gasteiger partial charge in [0.25, 0.3) is 0 Å². The molecule has 1 heterocycles. The highest BCUT2D eigenvalue weighted by Gasteiger charge is 2.20. The lowest BCUT2D eigenvalue weighted by atomic mass is 10.3. The molecule has 0 unspecified atom stereocenters. The maximum absolute atomic E-state index is 12.0. The summed E-state index contributed by atoms with van der Waals surface area (Å²) in [5, 5.41) is 0.729. The number of rotatable bonds is 3. The number of hydrogen-bond donors (Lipinski definition) is 1. The molecule has 1 saturated heterocycles. The van der Waals surface area contributed by atoms with Crippen molar-refractivity contribution in [3.8, 4) is 0 Å². The Bertz CT molecular complexity index is 402. The van der Waals surface area contributed by atoms with Gasteiger partial charge < -0.3 is 9.80 Å². The fourth-order valence-electron chi connectivity index (χ4n) is 1.91. The van der Waals surface area contributed by atoms with Crippen molar-refractivity contribution in [1.29, 1.82) is 0 Å². The van der Waals surface area contributed by atoms with Gasteiger partial charge in [0.1, 0.15) is 0 Å². The van der Waals surface area contributed by atoms with E-state index < -0.39 is 0 Å². The molecule has 0 atom stereocenters. The number of benzene rings is 1. The first-order chi connectivity index (χ1) is 8.65. The van der Waals surface area contributed by atoms with E-state index in [0.717, 1.165) is 36.1 Å². The van der Waals surface area contributed by atoms with Crippen molar-refractivity contribution in [3.05, 3.63) is 29.3 Å². The van der Waals surface area contributed by atoms with Crippen molar-refractivity contribution >= 4 is 29.3 Å². The number of carbonyl (C=O) groups is 1. The highest BCUT2D eigenvalue weighted by Crippen LogP contribution is 2.20. The second kappa shape index (κ2) is 6.45. The number of amides is 1. The summed E-state index contributed by atoms with van der Waals surface area (Å²) in [5.74, 6) is 0.753. The second-order valence-electron chi connectivity index (χ2n) is 4.58. The van der Waals surface area contributed by atoms with Gasteiger partial charge in [-0.05, 0) is 24.3 Å². The lowest BCUT2D eigenvalue weighted by Gasteiger charge is -2.30. The molecule has 0 radical (unpaired) electrons. The van der Waals surface area contributed by atoms with Gasteiger partial charge in [-0.15, -0.1) is 11.8 Å². The minimum atomic E-state index is 0.238. The standard InChI is InChI=1S/C13H17ClN2OS/c1-15-6-8-16(9-7-15)13(17)10-18-12-4-2-11(14)3-5-12/h2-5H,6-10H2,1H3/p+1. The van der Waals surface area contributed by atoms with E-state index >= 15 is 0 Å². The van der Waals surface area contributed by atoms with E-state index in [2.05, 4.69) is 7.05 Å². The lowest BCUT2D eigenvalue weighted by molar-refractivity contribution is -0.883.